The third-order valence-corrected chi connectivity index (χ3v) is 3.69. The minimum Gasteiger partial charge on any atom is -0.454 e. The summed E-state index contributed by atoms with van der Waals surface area (Å²) in [5.74, 6) is 1.53. The maximum atomic E-state index is 11.9. The van der Waals surface area contributed by atoms with E-state index in [-0.39, 0.29) is 18.4 Å². The van der Waals surface area contributed by atoms with Gasteiger partial charge in [0.05, 0.1) is 0 Å². The lowest BCUT2D eigenvalue weighted by Crippen LogP contribution is -2.05. The summed E-state index contributed by atoms with van der Waals surface area (Å²) in [6.07, 6.45) is 1.55. The molecule has 0 saturated carbocycles. The Hall–Kier alpha value is -2.29. The molecule has 6 nitrogen and oxygen atoms in total. The van der Waals surface area contributed by atoms with Gasteiger partial charge >= 0.3 is 5.97 Å². The number of aliphatic imine (C=N–C) groups is 1. The first-order chi connectivity index (χ1) is 10.7. The summed E-state index contributed by atoms with van der Waals surface area (Å²) in [5, 5.41) is 0. The van der Waals surface area contributed by atoms with Crippen molar-refractivity contribution >= 4 is 40.5 Å². The van der Waals surface area contributed by atoms with Crippen molar-refractivity contribution in [3.05, 3.63) is 51.1 Å². The largest absolute Gasteiger partial charge is 0.454 e. The van der Waals surface area contributed by atoms with Crippen LogP contribution in [0.2, 0.25) is 0 Å². The number of hydrogen-bond acceptors (Lipinski definition) is 6. The predicted octanol–water partition coefficient (Wildman–Crippen LogP) is 2.96. The summed E-state index contributed by atoms with van der Waals surface area (Å²) in [6, 6.07) is 8.81. The van der Waals surface area contributed by atoms with E-state index in [1.54, 1.807) is 36.4 Å². The van der Waals surface area contributed by atoms with Crippen molar-refractivity contribution < 1.29 is 23.4 Å². The number of furan rings is 1. The SMILES string of the molecule is O=C1OC(c2ccc3c(c2)OCO3)=N/C1=C\c1ccc(I)o1. The molecule has 0 fully saturated rings. The Morgan fingerprint density at radius 1 is 1.14 bits per heavy atom. The van der Waals surface area contributed by atoms with Crippen LogP contribution >= 0.6 is 22.6 Å². The molecule has 7 heteroatoms. The number of carbonyl (C=O) groups excluding carboxylic acids is 1. The molecule has 0 atom stereocenters. The van der Waals surface area contributed by atoms with Gasteiger partial charge in [-0.3, -0.25) is 0 Å². The molecular formula is C15H8INO5. The molecule has 1 aromatic carbocycles. The molecule has 110 valence electrons. The van der Waals surface area contributed by atoms with Crippen LogP contribution in [0.15, 0.2) is 45.4 Å². The second-order valence-corrected chi connectivity index (χ2v) is 5.61. The molecule has 2 aliphatic rings. The fraction of sp³-hybridized carbons (Fsp3) is 0.0667. The van der Waals surface area contributed by atoms with E-state index < -0.39 is 5.97 Å². The van der Waals surface area contributed by atoms with Gasteiger partial charge in [0.2, 0.25) is 12.7 Å². The highest BCUT2D eigenvalue weighted by molar-refractivity contribution is 14.1. The van der Waals surface area contributed by atoms with Gasteiger partial charge in [0, 0.05) is 11.6 Å². The zero-order chi connectivity index (χ0) is 15.1. The average molecular weight is 409 g/mol. The Morgan fingerprint density at radius 3 is 2.82 bits per heavy atom. The van der Waals surface area contributed by atoms with Gasteiger partial charge in [0.25, 0.3) is 0 Å². The monoisotopic (exact) mass is 409 g/mol. The minimum atomic E-state index is -0.515. The van der Waals surface area contributed by atoms with E-state index >= 15 is 0 Å². The van der Waals surface area contributed by atoms with Gasteiger partial charge < -0.3 is 18.6 Å². The Balaban J connectivity index is 1.67. The highest BCUT2D eigenvalue weighted by atomic mass is 127. The lowest BCUT2D eigenvalue weighted by Gasteiger charge is -2.01. The van der Waals surface area contributed by atoms with Gasteiger partial charge in [-0.15, -0.1) is 0 Å². The van der Waals surface area contributed by atoms with Crippen LogP contribution in [0.25, 0.3) is 6.08 Å². The zero-order valence-electron chi connectivity index (χ0n) is 11.0. The van der Waals surface area contributed by atoms with Crippen molar-refractivity contribution in [1.29, 1.82) is 0 Å². The van der Waals surface area contributed by atoms with Crippen LogP contribution in [0.5, 0.6) is 11.5 Å². The van der Waals surface area contributed by atoms with Gasteiger partial charge in [0.1, 0.15) is 5.76 Å². The molecule has 1 aromatic heterocycles. The quantitative estimate of drug-likeness (QED) is 0.434. The molecule has 4 rings (SSSR count). The zero-order valence-corrected chi connectivity index (χ0v) is 13.2. The molecule has 2 aromatic rings. The predicted molar refractivity (Wildman–Crippen MR) is 84.6 cm³/mol. The number of ether oxygens (including phenoxy) is 3. The number of esters is 1. The molecule has 0 radical (unpaired) electrons. The summed E-state index contributed by atoms with van der Waals surface area (Å²) in [6.45, 7) is 0.188. The van der Waals surface area contributed by atoms with Crippen molar-refractivity contribution in [2.75, 3.05) is 6.79 Å². The Labute approximate surface area is 138 Å². The van der Waals surface area contributed by atoms with Crippen LogP contribution in [0.1, 0.15) is 11.3 Å². The van der Waals surface area contributed by atoms with Crippen LogP contribution in [0, 0.1) is 3.77 Å². The van der Waals surface area contributed by atoms with Gasteiger partial charge in [0.15, 0.2) is 21.0 Å². The number of halogens is 1. The van der Waals surface area contributed by atoms with Crippen molar-refractivity contribution in [3.63, 3.8) is 0 Å². The standard InChI is InChI=1S/C15H8INO5/c16-13-4-2-9(21-13)6-10-15(18)22-14(17-10)8-1-3-11-12(5-8)20-7-19-11/h1-6H,7H2/b10-6-. The fourth-order valence-corrected chi connectivity index (χ4v) is 2.54. The molecule has 3 heterocycles. The van der Waals surface area contributed by atoms with E-state index in [0.717, 1.165) is 3.77 Å². The summed E-state index contributed by atoms with van der Waals surface area (Å²) < 4.78 is 21.9. The van der Waals surface area contributed by atoms with Crippen molar-refractivity contribution in [2.45, 2.75) is 0 Å². The maximum Gasteiger partial charge on any atom is 0.363 e. The highest BCUT2D eigenvalue weighted by Crippen LogP contribution is 2.33. The first kappa shape index (κ1) is 13.4. The number of benzene rings is 1. The highest BCUT2D eigenvalue weighted by Gasteiger charge is 2.26. The Kier molecular flexibility index (Phi) is 3.14. The summed E-state index contributed by atoms with van der Waals surface area (Å²) >= 11 is 2.05. The van der Waals surface area contributed by atoms with E-state index in [2.05, 4.69) is 4.99 Å². The number of carbonyl (C=O) groups is 1. The van der Waals surface area contributed by atoms with Gasteiger partial charge in [-0.25, -0.2) is 9.79 Å². The number of hydrogen-bond donors (Lipinski definition) is 0. The van der Waals surface area contributed by atoms with Crippen LogP contribution in [0.4, 0.5) is 0 Å². The van der Waals surface area contributed by atoms with Crippen LogP contribution in [-0.2, 0) is 9.53 Å². The second kappa shape index (κ2) is 5.16. The lowest BCUT2D eigenvalue weighted by molar-refractivity contribution is -0.129. The van der Waals surface area contributed by atoms with Crippen molar-refractivity contribution in [2.24, 2.45) is 4.99 Å². The number of nitrogens with zero attached hydrogens (tertiary/aromatic N) is 1. The maximum absolute atomic E-state index is 11.9. The third kappa shape index (κ3) is 2.37. The second-order valence-electron chi connectivity index (χ2n) is 4.55. The van der Waals surface area contributed by atoms with E-state index in [1.165, 1.54) is 0 Å². The molecule has 0 spiro atoms. The lowest BCUT2D eigenvalue weighted by atomic mass is 10.2. The molecule has 0 unspecified atom stereocenters. The molecule has 22 heavy (non-hydrogen) atoms. The minimum absolute atomic E-state index is 0.188. The van der Waals surface area contributed by atoms with E-state index in [1.807, 2.05) is 22.6 Å². The van der Waals surface area contributed by atoms with Gasteiger partial charge in [-0.2, -0.15) is 0 Å². The fourth-order valence-electron chi connectivity index (χ4n) is 2.10. The Morgan fingerprint density at radius 2 is 2.00 bits per heavy atom. The van der Waals surface area contributed by atoms with Crippen molar-refractivity contribution in [3.8, 4) is 11.5 Å². The van der Waals surface area contributed by atoms with E-state index in [4.69, 9.17) is 18.6 Å². The smallest absolute Gasteiger partial charge is 0.363 e. The van der Waals surface area contributed by atoms with Gasteiger partial charge in [-0.05, 0) is 52.9 Å². The topological polar surface area (TPSA) is 70.3 Å². The Bertz CT molecular complexity index is 836. The molecule has 0 bridgehead atoms. The molecule has 0 saturated heterocycles. The summed E-state index contributed by atoms with van der Waals surface area (Å²) in [7, 11) is 0. The average Bonchev–Trinajstić information content (AvgIpc) is 3.20. The van der Waals surface area contributed by atoms with Gasteiger partial charge in [-0.1, -0.05) is 0 Å². The number of rotatable bonds is 2. The number of fused-ring (bicyclic) bond motifs is 1. The first-order valence-corrected chi connectivity index (χ1v) is 7.45. The van der Waals surface area contributed by atoms with Crippen LogP contribution < -0.4 is 9.47 Å². The van der Waals surface area contributed by atoms with E-state index in [9.17, 15) is 4.79 Å². The van der Waals surface area contributed by atoms with Crippen LogP contribution in [-0.4, -0.2) is 18.7 Å². The van der Waals surface area contributed by atoms with E-state index in [0.29, 0.717) is 22.8 Å². The third-order valence-electron chi connectivity index (χ3n) is 3.11. The summed E-state index contributed by atoms with van der Waals surface area (Å²) in [5.41, 5.74) is 0.841. The molecule has 2 aliphatic heterocycles. The molecule has 0 N–H and O–H groups in total. The molecular weight excluding hydrogens is 401 g/mol. The number of cyclic esters (lactones) is 1. The molecule has 0 amide bonds. The van der Waals surface area contributed by atoms with Crippen molar-refractivity contribution in [1.82, 2.24) is 0 Å². The summed E-state index contributed by atoms with van der Waals surface area (Å²) in [4.78, 5) is 16.1. The van der Waals surface area contributed by atoms with Crippen LogP contribution in [0.3, 0.4) is 0 Å². The first-order valence-electron chi connectivity index (χ1n) is 6.37. The normalized spacial score (nSPS) is 17.8. The molecule has 0 aliphatic carbocycles.